The fourth-order valence-corrected chi connectivity index (χ4v) is 2.25. The molecule has 1 heterocycles. The van der Waals surface area contributed by atoms with Gasteiger partial charge in [-0.15, -0.1) is 0 Å². The highest BCUT2D eigenvalue weighted by molar-refractivity contribution is 5.79. The van der Waals surface area contributed by atoms with Crippen molar-refractivity contribution in [1.29, 1.82) is 0 Å². The predicted octanol–water partition coefficient (Wildman–Crippen LogP) is 1.79. The van der Waals surface area contributed by atoms with E-state index in [1.807, 2.05) is 6.92 Å². The summed E-state index contributed by atoms with van der Waals surface area (Å²) in [5, 5.41) is 12.6. The van der Waals surface area contributed by atoms with Gasteiger partial charge in [0, 0.05) is 13.0 Å². The lowest BCUT2D eigenvalue weighted by Crippen LogP contribution is -2.57. The fourth-order valence-electron chi connectivity index (χ4n) is 2.25. The lowest BCUT2D eigenvalue weighted by Gasteiger charge is -2.38. The quantitative estimate of drug-likeness (QED) is 0.729. The van der Waals surface area contributed by atoms with Crippen molar-refractivity contribution in [3.63, 3.8) is 0 Å². The van der Waals surface area contributed by atoms with Crippen molar-refractivity contribution in [2.75, 3.05) is 13.2 Å². The first-order valence-corrected chi connectivity index (χ1v) is 6.24. The van der Waals surface area contributed by atoms with Gasteiger partial charge in [0.2, 0.25) is 0 Å². The van der Waals surface area contributed by atoms with Gasteiger partial charge in [0.05, 0.1) is 6.10 Å². The lowest BCUT2D eigenvalue weighted by molar-refractivity contribution is -0.152. The number of carboxylic acids is 1. The highest BCUT2D eigenvalue weighted by Crippen LogP contribution is 2.27. The van der Waals surface area contributed by atoms with Crippen LogP contribution in [0.25, 0.3) is 0 Å². The topological polar surface area (TPSA) is 58.6 Å². The molecule has 16 heavy (non-hydrogen) atoms. The number of carbonyl (C=O) groups is 1. The van der Waals surface area contributed by atoms with Crippen molar-refractivity contribution in [2.24, 2.45) is 0 Å². The van der Waals surface area contributed by atoms with Gasteiger partial charge in [-0.1, -0.05) is 20.3 Å². The van der Waals surface area contributed by atoms with Crippen LogP contribution in [0, 0.1) is 0 Å². The molecular weight excluding hydrogens is 206 g/mol. The first kappa shape index (κ1) is 13.5. The standard InChI is InChI=1S/C12H23NO3/c1-3-5-10-9-12(11(14)15,6-8-16-10)13-7-4-2/h10,13H,3-9H2,1-2H3,(H,14,15). The Morgan fingerprint density at radius 2 is 2.25 bits per heavy atom. The van der Waals surface area contributed by atoms with Gasteiger partial charge in [-0.3, -0.25) is 4.79 Å². The summed E-state index contributed by atoms with van der Waals surface area (Å²) in [5.74, 6) is -0.731. The zero-order valence-electron chi connectivity index (χ0n) is 10.3. The average molecular weight is 229 g/mol. The van der Waals surface area contributed by atoms with Crippen LogP contribution in [0.1, 0.15) is 46.0 Å². The molecule has 2 atom stereocenters. The Hall–Kier alpha value is -0.610. The molecule has 94 valence electrons. The van der Waals surface area contributed by atoms with Gasteiger partial charge < -0.3 is 15.2 Å². The van der Waals surface area contributed by atoms with E-state index in [0.717, 1.165) is 25.8 Å². The molecule has 0 bridgehead atoms. The molecular formula is C12H23NO3. The van der Waals surface area contributed by atoms with Gasteiger partial charge in [0.25, 0.3) is 0 Å². The molecule has 4 heteroatoms. The van der Waals surface area contributed by atoms with E-state index >= 15 is 0 Å². The van der Waals surface area contributed by atoms with Crippen molar-refractivity contribution in [2.45, 2.75) is 57.6 Å². The Morgan fingerprint density at radius 1 is 1.50 bits per heavy atom. The second-order valence-corrected chi connectivity index (χ2v) is 4.55. The van der Waals surface area contributed by atoms with Crippen LogP contribution < -0.4 is 5.32 Å². The number of hydrogen-bond acceptors (Lipinski definition) is 3. The smallest absolute Gasteiger partial charge is 0.324 e. The highest BCUT2D eigenvalue weighted by Gasteiger charge is 2.42. The molecule has 1 aliphatic rings. The van der Waals surface area contributed by atoms with Gasteiger partial charge >= 0.3 is 5.97 Å². The second kappa shape index (κ2) is 6.21. The van der Waals surface area contributed by atoms with Crippen LogP contribution in [-0.4, -0.2) is 35.9 Å². The van der Waals surface area contributed by atoms with E-state index in [4.69, 9.17) is 4.74 Å². The van der Waals surface area contributed by atoms with Gasteiger partial charge in [-0.05, 0) is 25.8 Å². The molecule has 0 amide bonds. The highest BCUT2D eigenvalue weighted by atomic mass is 16.5. The Kier molecular flexibility index (Phi) is 5.22. The number of ether oxygens (including phenoxy) is 1. The van der Waals surface area contributed by atoms with Crippen molar-refractivity contribution in [1.82, 2.24) is 5.32 Å². The first-order chi connectivity index (χ1) is 7.64. The molecule has 4 nitrogen and oxygen atoms in total. The average Bonchev–Trinajstić information content (AvgIpc) is 2.27. The predicted molar refractivity (Wildman–Crippen MR) is 62.5 cm³/mol. The minimum atomic E-state index is -0.756. The maximum atomic E-state index is 11.4. The second-order valence-electron chi connectivity index (χ2n) is 4.55. The van der Waals surface area contributed by atoms with Crippen LogP contribution in [-0.2, 0) is 9.53 Å². The van der Waals surface area contributed by atoms with Gasteiger partial charge in [-0.25, -0.2) is 0 Å². The van der Waals surface area contributed by atoms with Gasteiger partial charge in [0.15, 0.2) is 0 Å². The van der Waals surface area contributed by atoms with E-state index in [9.17, 15) is 9.90 Å². The van der Waals surface area contributed by atoms with Gasteiger partial charge in [-0.2, -0.15) is 0 Å². The molecule has 0 saturated carbocycles. The van der Waals surface area contributed by atoms with E-state index in [0.29, 0.717) is 19.4 Å². The third-order valence-electron chi connectivity index (χ3n) is 3.19. The van der Waals surface area contributed by atoms with E-state index in [1.54, 1.807) is 0 Å². The van der Waals surface area contributed by atoms with E-state index in [2.05, 4.69) is 12.2 Å². The number of hydrogen-bond donors (Lipinski definition) is 2. The maximum Gasteiger partial charge on any atom is 0.324 e. The van der Waals surface area contributed by atoms with Crippen LogP contribution >= 0.6 is 0 Å². The summed E-state index contributed by atoms with van der Waals surface area (Å²) in [7, 11) is 0. The minimum absolute atomic E-state index is 0.0965. The maximum absolute atomic E-state index is 11.4. The zero-order valence-corrected chi connectivity index (χ0v) is 10.3. The third-order valence-corrected chi connectivity index (χ3v) is 3.19. The van der Waals surface area contributed by atoms with E-state index < -0.39 is 11.5 Å². The van der Waals surface area contributed by atoms with Crippen molar-refractivity contribution >= 4 is 5.97 Å². The third kappa shape index (κ3) is 3.19. The molecule has 2 unspecified atom stereocenters. The molecule has 0 radical (unpaired) electrons. The molecule has 0 aromatic carbocycles. The minimum Gasteiger partial charge on any atom is -0.480 e. The van der Waals surface area contributed by atoms with Crippen LogP contribution in [0.5, 0.6) is 0 Å². The number of carboxylic acid groups (broad SMARTS) is 1. The summed E-state index contributed by atoms with van der Waals surface area (Å²) in [5.41, 5.74) is -0.756. The van der Waals surface area contributed by atoms with Crippen LogP contribution in [0.2, 0.25) is 0 Å². The molecule has 0 aliphatic carbocycles. The molecule has 1 aliphatic heterocycles. The van der Waals surface area contributed by atoms with Crippen LogP contribution in [0.4, 0.5) is 0 Å². The molecule has 1 rings (SSSR count). The Morgan fingerprint density at radius 3 is 2.81 bits per heavy atom. The monoisotopic (exact) mass is 229 g/mol. The molecule has 0 spiro atoms. The largest absolute Gasteiger partial charge is 0.480 e. The van der Waals surface area contributed by atoms with Crippen LogP contribution in [0.3, 0.4) is 0 Å². The van der Waals surface area contributed by atoms with Crippen LogP contribution in [0.15, 0.2) is 0 Å². The first-order valence-electron chi connectivity index (χ1n) is 6.24. The summed E-state index contributed by atoms with van der Waals surface area (Å²) in [6.07, 6.45) is 4.20. The van der Waals surface area contributed by atoms with E-state index in [1.165, 1.54) is 0 Å². The van der Waals surface area contributed by atoms with E-state index in [-0.39, 0.29) is 6.10 Å². The number of nitrogens with one attached hydrogen (secondary N) is 1. The molecule has 0 aromatic heterocycles. The van der Waals surface area contributed by atoms with Crippen molar-refractivity contribution < 1.29 is 14.6 Å². The molecule has 1 saturated heterocycles. The zero-order chi connectivity index (χ0) is 12.0. The summed E-state index contributed by atoms with van der Waals surface area (Å²) in [6.45, 7) is 5.45. The summed E-state index contributed by atoms with van der Waals surface area (Å²) >= 11 is 0. The molecule has 0 aromatic rings. The summed E-state index contributed by atoms with van der Waals surface area (Å²) in [4.78, 5) is 11.4. The summed E-state index contributed by atoms with van der Waals surface area (Å²) in [6, 6.07) is 0. The fraction of sp³-hybridized carbons (Fsp3) is 0.917. The SMILES string of the molecule is CCCNC1(C(=O)O)CCOC(CCC)C1. The number of aliphatic carboxylic acids is 1. The molecule has 2 N–H and O–H groups in total. The Labute approximate surface area is 97.4 Å². The molecule has 1 fully saturated rings. The van der Waals surface area contributed by atoms with Crippen molar-refractivity contribution in [3.8, 4) is 0 Å². The lowest BCUT2D eigenvalue weighted by atomic mass is 9.85. The van der Waals surface area contributed by atoms with Gasteiger partial charge in [0.1, 0.15) is 5.54 Å². The Bertz CT molecular complexity index is 230. The number of rotatable bonds is 6. The van der Waals surface area contributed by atoms with Crippen molar-refractivity contribution in [3.05, 3.63) is 0 Å². The summed E-state index contributed by atoms with van der Waals surface area (Å²) < 4.78 is 5.60. The normalized spacial score (nSPS) is 30.2. The Balaban J connectivity index is 2.64.